The molecule has 0 heterocycles. The Kier molecular flexibility index (Phi) is 2.80. The summed E-state index contributed by atoms with van der Waals surface area (Å²) in [4.78, 5) is 0. The van der Waals surface area contributed by atoms with Crippen molar-refractivity contribution in [3.63, 3.8) is 0 Å². The Morgan fingerprint density at radius 3 is 2.25 bits per heavy atom. The van der Waals surface area contributed by atoms with E-state index in [-0.39, 0.29) is 14.5 Å². The summed E-state index contributed by atoms with van der Waals surface area (Å²) < 4.78 is 25.9. The maximum Gasteiger partial charge on any atom is 0.178 e. The highest BCUT2D eigenvalue weighted by Gasteiger charge is 2.15. The third-order valence-electron chi connectivity index (χ3n) is 1.23. The van der Waals surface area contributed by atoms with Crippen LogP contribution in [0.1, 0.15) is 5.56 Å². The first kappa shape index (κ1) is 9.62. The van der Waals surface area contributed by atoms with Gasteiger partial charge >= 0.3 is 0 Å². The fourth-order valence-corrected chi connectivity index (χ4v) is 1.87. The van der Waals surface area contributed by atoms with Gasteiger partial charge in [0.05, 0.1) is 4.47 Å². The van der Waals surface area contributed by atoms with Crippen LogP contribution >= 0.6 is 31.9 Å². The molecule has 12 heavy (non-hydrogen) atoms. The van der Waals surface area contributed by atoms with Crippen LogP contribution in [0.25, 0.3) is 0 Å². The van der Waals surface area contributed by atoms with E-state index in [0.29, 0.717) is 0 Å². The van der Waals surface area contributed by atoms with E-state index in [1.165, 1.54) is 6.07 Å². The molecule has 0 amide bonds. The largest absolute Gasteiger partial charge is 0.202 e. The molecule has 0 radical (unpaired) electrons. The minimum atomic E-state index is -1.14. The molecule has 0 N–H and O–H groups in total. The lowest BCUT2D eigenvalue weighted by atomic mass is 10.2. The van der Waals surface area contributed by atoms with Gasteiger partial charge in [-0.3, -0.25) is 0 Å². The van der Waals surface area contributed by atoms with Crippen LogP contribution in [0.4, 0.5) is 8.78 Å². The monoisotopic (exact) mass is 295 g/mol. The molecule has 0 bridgehead atoms. The van der Waals surface area contributed by atoms with E-state index in [0.717, 1.165) is 0 Å². The summed E-state index contributed by atoms with van der Waals surface area (Å²) in [6.45, 7) is 0. The molecule has 0 aliphatic rings. The van der Waals surface area contributed by atoms with Crippen LogP contribution < -0.4 is 0 Å². The zero-order valence-corrected chi connectivity index (χ0v) is 8.71. The molecule has 0 atom stereocenters. The third-order valence-corrected chi connectivity index (χ3v) is 2.43. The molecule has 0 aliphatic carbocycles. The summed E-state index contributed by atoms with van der Waals surface area (Å²) in [5, 5.41) is 8.41. The molecule has 0 saturated carbocycles. The lowest BCUT2D eigenvalue weighted by Crippen LogP contribution is -1.92. The van der Waals surface area contributed by atoms with Gasteiger partial charge in [-0.1, -0.05) is 0 Å². The highest BCUT2D eigenvalue weighted by atomic mass is 79.9. The van der Waals surface area contributed by atoms with E-state index in [9.17, 15) is 8.78 Å². The molecule has 5 heteroatoms. The van der Waals surface area contributed by atoms with Gasteiger partial charge in [0.25, 0.3) is 0 Å². The Morgan fingerprint density at radius 1 is 1.17 bits per heavy atom. The van der Waals surface area contributed by atoms with Crippen LogP contribution in [0.2, 0.25) is 0 Å². The molecular weight excluding hydrogens is 296 g/mol. The first-order valence-electron chi connectivity index (χ1n) is 2.81. The molecule has 0 spiro atoms. The smallest absolute Gasteiger partial charge is 0.178 e. The van der Waals surface area contributed by atoms with Crippen LogP contribution in [0, 0.1) is 23.0 Å². The van der Waals surface area contributed by atoms with Crippen molar-refractivity contribution >= 4 is 31.9 Å². The predicted octanol–water partition coefficient (Wildman–Crippen LogP) is 3.36. The van der Waals surface area contributed by atoms with Gasteiger partial charge in [-0.05, 0) is 37.9 Å². The van der Waals surface area contributed by atoms with E-state index in [2.05, 4.69) is 31.9 Å². The standard InChI is InChI=1S/C7HBr2F2N/c8-4-1-5(9)7(11)6(10)3(4)2-12/h1H. The van der Waals surface area contributed by atoms with Crippen molar-refractivity contribution in [1.29, 1.82) is 5.26 Å². The van der Waals surface area contributed by atoms with Gasteiger partial charge in [0.15, 0.2) is 11.6 Å². The number of rotatable bonds is 0. The van der Waals surface area contributed by atoms with Crippen LogP contribution in [-0.2, 0) is 0 Å². The fraction of sp³-hybridized carbons (Fsp3) is 0. The van der Waals surface area contributed by atoms with Crippen molar-refractivity contribution in [2.24, 2.45) is 0 Å². The van der Waals surface area contributed by atoms with Gasteiger partial charge in [-0.15, -0.1) is 0 Å². The maximum absolute atomic E-state index is 12.9. The van der Waals surface area contributed by atoms with Crippen molar-refractivity contribution in [2.75, 3.05) is 0 Å². The first-order chi connectivity index (χ1) is 5.57. The normalized spacial score (nSPS) is 9.58. The van der Waals surface area contributed by atoms with E-state index < -0.39 is 11.6 Å². The number of hydrogen-bond donors (Lipinski definition) is 0. The van der Waals surface area contributed by atoms with Crippen molar-refractivity contribution in [2.45, 2.75) is 0 Å². The lowest BCUT2D eigenvalue weighted by Gasteiger charge is -2.00. The fourth-order valence-electron chi connectivity index (χ4n) is 0.669. The highest BCUT2D eigenvalue weighted by molar-refractivity contribution is 9.11. The number of halogens is 4. The second-order valence-corrected chi connectivity index (χ2v) is 3.66. The molecule has 1 aromatic rings. The number of nitriles is 1. The molecule has 0 aromatic heterocycles. The van der Waals surface area contributed by atoms with Gasteiger partial charge in [0.2, 0.25) is 0 Å². The lowest BCUT2D eigenvalue weighted by molar-refractivity contribution is 0.501. The van der Waals surface area contributed by atoms with Crippen molar-refractivity contribution in [3.8, 4) is 6.07 Å². The van der Waals surface area contributed by atoms with Crippen molar-refractivity contribution < 1.29 is 8.78 Å². The zero-order chi connectivity index (χ0) is 9.30. The van der Waals surface area contributed by atoms with E-state index in [1.807, 2.05) is 0 Å². The van der Waals surface area contributed by atoms with Gasteiger partial charge < -0.3 is 0 Å². The molecule has 0 unspecified atom stereocenters. The quantitative estimate of drug-likeness (QED) is 0.532. The second-order valence-electron chi connectivity index (χ2n) is 1.95. The topological polar surface area (TPSA) is 23.8 Å². The second kappa shape index (κ2) is 3.50. The molecule has 62 valence electrons. The number of benzene rings is 1. The highest BCUT2D eigenvalue weighted by Crippen LogP contribution is 2.27. The van der Waals surface area contributed by atoms with Gasteiger partial charge in [0, 0.05) is 4.47 Å². The number of hydrogen-bond acceptors (Lipinski definition) is 1. The van der Waals surface area contributed by atoms with Crippen molar-refractivity contribution in [1.82, 2.24) is 0 Å². The third kappa shape index (κ3) is 1.50. The van der Waals surface area contributed by atoms with Crippen LogP contribution in [0.15, 0.2) is 15.0 Å². The number of nitrogens with zero attached hydrogens (tertiary/aromatic N) is 1. The Labute approximate surface area is 84.3 Å². The Bertz CT molecular complexity index is 371. The first-order valence-corrected chi connectivity index (χ1v) is 4.39. The van der Waals surface area contributed by atoms with Crippen LogP contribution in [-0.4, -0.2) is 0 Å². The summed E-state index contributed by atoms with van der Waals surface area (Å²) >= 11 is 5.74. The Balaban J connectivity index is 3.54. The Hall–Kier alpha value is -0.470. The predicted molar refractivity (Wildman–Crippen MR) is 46.5 cm³/mol. The van der Waals surface area contributed by atoms with Crippen LogP contribution in [0.5, 0.6) is 0 Å². The summed E-state index contributed by atoms with van der Waals surface area (Å²) in [5.41, 5.74) is -0.323. The molecule has 1 nitrogen and oxygen atoms in total. The van der Waals surface area contributed by atoms with Gasteiger partial charge in [-0.25, -0.2) is 8.78 Å². The average molecular weight is 297 g/mol. The van der Waals surface area contributed by atoms with E-state index in [1.54, 1.807) is 6.07 Å². The van der Waals surface area contributed by atoms with E-state index in [4.69, 9.17) is 5.26 Å². The van der Waals surface area contributed by atoms with Gasteiger partial charge in [0.1, 0.15) is 11.6 Å². The molecule has 0 aliphatic heterocycles. The van der Waals surface area contributed by atoms with E-state index >= 15 is 0 Å². The Morgan fingerprint density at radius 2 is 1.75 bits per heavy atom. The average Bonchev–Trinajstić information content (AvgIpc) is 2.01. The molecular formula is C7HBr2F2N. The maximum atomic E-state index is 12.9. The summed E-state index contributed by atoms with van der Waals surface area (Å²) in [7, 11) is 0. The van der Waals surface area contributed by atoms with Crippen LogP contribution in [0.3, 0.4) is 0 Å². The summed E-state index contributed by atoms with van der Waals surface area (Å²) in [5.74, 6) is -2.19. The minimum Gasteiger partial charge on any atom is -0.202 e. The summed E-state index contributed by atoms with van der Waals surface area (Å²) in [6, 6.07) is 2.84. The van der Waals surface area contributed by atoms with Gasteiger partial charge in [-0.2, -0.15) is 5.26 Å². The molecule has 1 rings (SSSR count). The molecule has 0 saturated heterocycles. The minimum absolute atomic E-state index is 0.00845. The zero-order valence-electron chi connectivity index (χ0n) is 5.54. The molecule has 0 fully saturated rings. The SMILES string of the molecule is N#Cc1c(Br)cc(Br)c(F)c1F. The van der Waals surface area contributed by atoms with Crippen molar-refractivity contribution in [3.05, 3.63) is 32.2 Å². The molecule has 1 aromatic carbocycles. The summed E-state index contributed by atoms with van der Waals surface area (Å²) in [6.07, 6.45) is 0.